The van der Waals surface area contributed by atoms with E-state index < -0.39 is 6.10 Å². The van der Waals surface area contributed by atoms with Gasteiger partial charge in [-0.3, -0.25) is 9.59 Å². The third-order valence-electron chi connectivity index (χ3n) is 5.75. The smallest absolute Gasteiger partial charge is 0.280 e. The molecular weight excluding hydrogens is 434 g/mol. The van der Waals surface area contributed by atoms with Crippen molar-refractivity contribution >= 4 is 29.3 Å². The molecule has 3 aliphatic heterocycles. The summed E-state index contributed by atoms with van der Waals surface area (Å²) in [5.41, 5.74) is 3.02. The maximum atomic E-state index is 13.1. The lowest BCUT2D eigenvalue weighted by molar-refractivity contribution is -0.114. The van der Waals surface area contributed by atoms with E-state index in [-0.39, 0.29) is 11.8 Å². The van der Waals surface area contributed by atoms with Gasteiger partial charge in [0, 0.05) is 18.7 Å². The van der Waals surface area contributed by atoms with Crippen molar-refractivity contribution in [2.75, 3.05) is 31.3 Å². The Morgan fingerprint density at radius 2 is 1.79 bits per heavy atom. The van der Waals surface area contributed by atoms with Crippen molar-refractivity contribution in [3.05, 3.63) is 59.2 Å². The number of likely N-dealkylation sites (tertiary alicyclic amines) is 1. The van der Waals surface area contributed by atoms with Gasteiger partial charge in [-0.1, -0.05) is 19.9 Å². The number of benzene rings is 2. The molecule has 1 unspecified atom stereocenters. The number of hydrazone groups is 1. The highest BCUT2D eigenvalue weighted by atomic mass is 16.6. The Balaban J connectivity index is 0.00000133. The number of nitrogens with zero attached hydrogens (tertiary/aromatic N) is 3. The van der Waals surface area contributed by atoms with Crippen molar-refractivity contribution in [2.45, 2.75) is 33.3 Å². The van der Waals surface area contributed by atoms with Crippen LogP contribution in [0.2, 0.25) is 0 Å². The van der Waals surface area contributed by atoms with Crippen molar-refractivity contribution < 1.29 is 24.2 Å². The Labute approximate surface area is 199 Å². The second-order valence-corrected chi connectivity index (χ2v) is 8.00. The molecule has 2 aromatic carbocycles. The molecule has 1 N–H and O–H groups in total. The zero-order valence-corrected chi connectivity index (χ0v) is 19.7. The van der Waals surface area contributed by atoms with E-state index >= 15 is 0 Å². The molecule has 0 aromatic heterocycles. The molecule has 3 heterocycles. The monoisotopic (exact) mass is 463 g/mol. The summed E-state index contributed by atoms with van der Waals surface area (Å²) in [5, 5.41) is 15.4. The second-order valence-electron chi connectivity index (χ2n) is 8.00. The number of rotatable bonds is 3. The first kappa shape index (κ1) is 23.5. The first-order valence-electron chi connectivity index (χ1n) is 11.6. The van der Waals surface area contributed by atoms with Gasteiger partial charge in [-0.2, -0.15) is 10.1 Å². The van der Waals surface area contributed by atoms with E-state index in [0.29, 0.717) is 66.8 Å². The van der Waals surface area contributed by atoms with E-state index in [4.69, 9.17) is 9.47 Å². The molecule has 1 fully saturated rings. The van der Waals surface area contributed by atoms with Crippen LogP contribution in [0.5, 0.6) is 11.5 Å². The van der Waals surface area contributed by atoms with Crippen molar-refractivity contribution in [3.8, 4) is 11.5 Å². The Hall–Kier alpha value is -3.65. The predicted molar refractivity (Wildman–Crippen MR) is 130 cm³/mol. The molecule has 34 heavy (non-hydrogen) atoms. The lowest BCUT2D eigenvalue weighted by Crippen LogP contribution is -2.29. The van der Waals surface area contributed by atoms with Gasteiger partial charge in [-0.15, -0.1) is 0 Å². The third-order valence-corrected chi connectivity index (χ3v) is 5.75. The van der Waals surface area contributed by atoms with Crippen molar-refractivity contribution in [1.82, 2.24) is 4.90 Å². The van der Waals surface area contributed by atoms with Crippen LogP contribution in [0.15, 0.2) is 53.1 Å². The number of hydrogen-bond acceptors (Lipinski definition) is 6. The predicted octanol–water partition coefficient (Wildman–Crippen LogP) is 3.50. The normalized spacial score (nSPS) is 20.2. The average Bonchev–Trinajstić information content (AvgIpc) is 3.43. The van der Waals surface area contributed by atoms with Crippen LogP contribution in [0.3, 0.4) is 0 Å². The maximum absolute atomic E-state index is 13.1. The summed E-state index contributed by atoms with van der Waals surface area (Å²) in [5.74, 6) is 0.994. The van der Waals surface area contributed by atoms with E-state index in [9.17, 15) is 14.7 Å². The van der Waals surface area contributed by atoms with E-state index in [1.54, 1.807) is 42.2 Å². The number of carbonyl (C=O) groups is 2. The molecule has 1 saturated heterocycles. The highest BCUT2D eigenvalue weighted by Gasteiger charge is 2.30. The summed E-state index contributed by atoms with van der Waals surface area (Å²) in [6.07, 6.45) is 1.92. The van der Waals surface area contributed by atoms with Gasteiger partial charge < -0.3 is 19.5 Å². The Kier molecular flexibility index (Phi) is 6.98. The number of anilines is 1. The molecule has 178 valence electrons. The summed E-state index contributed by atoms with van der Waals surface area (Å²) >= 11 is 0. The molecule has 0 bridgehead atoms. The summed E-state index contributed by atoms with van der Waals surface area (Å²) in [6.45, 7) is 7.71. The number of fused-ring (bicyclic) bond motifs is 1. The van der Waals surface area contributed by atoms with Crippen molar-refractivity contribution in [1.29, 1.82) is 0 Å². The summed E-state index contributed by atoms with van der Waals surface area (Å²) < 4.78 is 11.2. The average molecular weight is 464 g/mol. The largest absolute Gasteiger partial charge is 0.486 e. The van der Waals surface area contributed by atoms with Crippen LogP contribution in [0.1, 0.15) is 43.1 Å². The Bertz CT molecular complexity index is 1140. The number of amides is 2. The number of hydrogen-bond donors (Lipinski definition) is 1. The van der Waals surface area contributed by atoms with E-state index in [0.717, 1.165) is 5.56 Å². The number of β-amino-alcohol motifs (C(OH)–C–C–N with tert-alkyl or cyclic N) is 1. The molecule has 2 aromatic rings. The Morgan fingerprint density at radius 3 is 2.47 bits per heavy atom. The fourth-order valence-electron chi connectivity index (χ4n) is 4.03. The zero-order chi connectivity index (χ0) is 24.2. The SMILES string of the molecule is CC.CC1=NN(c2ccc(C(=O)N3CCC(O)C3)cc2)C(=O)/C1=C\c1ccc2c(c1)OCCO2. The van der Waals surface area contributed by atoms with E-state index in [2.05, 4.69) is 5.10 Å². The molecule has 0 saturated carbocycles. The Morgan fingerprint density at radius 1 is 1.09 bits per heavy atom. The molecule has 3 aliphatic rings. The van der Waals surface area contributed by atoms with Gasteiger partial charge in [0.05, 0.1) is 23.1 Å². The van der Waals surface area contributed by atoms with Crippen LogP contribution in [0, 0.1) is 0 Å². The molecule has 1 atom stereocenters. The first-order chi connectivity index (χ1) is 16.5. The minimum Gasteiger partial charge on any atom is -0.486 e. The number of aliphatic hydroxyl groups excluding tert-OH is 1. The number of ether oxygens (including phenoxy) is 2. The van der Waals surface area contributed by atoms with Gasteiger partial charge in [0.15, 0.2) is 11.5 Å². The van der Waals surface area contributed by atoms with Crippen molar-refractivity contribution in [2.24, 2.45) is 5.10 Å². The highest BCUT2D eigenvalue weighted by Crippen LogP contribution is 2.32. The minimum absolute atomic E-state index is 0.125. The molecule has 2 amide bonds. The molecular formula is C26H29N3O5. The second kappa shape index (κ2) is 10.1. The van der Waals surface area contributed by atoms with Crippen LogP contribution in [-0.2, 0) is 4.79 Å². The van der Waals surface area contributed by atoms with Crippen LogP contribution in [0.4, 0.5) is 5.69 Å². The fraction of sp³-hybridized carbons (Fsp3) is 0.346. The van der Waals surface area contributed by atoms with Gasteiger partial charge >= 0.3 is 0 Å². The molecule has 0 radical (unpaired) electrons. The van der Waals surface area contributed by atoms with Gasteiger partial charge in [0.2, 0.25) is 0 Å². The highest BCUT2D eigenvalue weighted by molar-refractivity contribution is 6.32. The standard InChI is InChI=1S/C24H23N3O5.C2H6/c1-15-20(12-16-2-7-21-22(13-16)32-11-10-31-21)24(30)27(25-15)18-5-3-17(4-6-18)23(29)26-9-8-19(28)14-26;1-2/h2-7,12-13,19,28H,8-11,14H2,1H3;1-2H3/b20-12-;. The summed E-state index contributed by atoms with van der Waals surface area (Å²) in [6, 6.07) is 12.3. The van der Waals surface area contributed by atoms with Gasteiger partial charge in [-0.25, -0.2) is 0 Å². The molecule has 8 nitrogen and oxygen atoms in total. The lowest BCUT2D eigenvalue weighted by Gasteiger charge is -2.18. The fourth-order valence-corrected chi connectivity index (χ4v) is 4.03. The van der Waals surface area contributed by atoms with Crippen LogP contribution in [0.25, 0.3) is 6.08 Å². The van der Waals surface area contributed by atoms with Crippen molar-refractivity contribution in [3.63, 3.8) is 0 Å². The van der Waals surface area contributed by atoms with E-state index in [1.165, 1.54) is 5.01 Å². The summed E-state index contributed by atoms with van der Waals surface area (Å²) in [7, 11) is 0. The molecule has 0 aliphatic carbocycles. The minimum atomic E-state index is -0.461. The van der Waals surface area contributed by atoms with E-state index in [1.807, 2.05) is 32.0 Å². The van der Waals surface area contributed by atoms with Crippen LogP contribution in [-0.4, -0.2) is 59.9 Å². The van der Waals surface area contributed by atoms with Gasteiger partial charge in [0.25, 0.3) is 11.8 Å². The van der Waals surface area contributed by atoms with Gasteiger partial charge in [-0.05, 0) is 61.4 Å². The van der Waals surface area contributed by atoms with Crippen LogP contribution < -0.4 is 14.5 Å². The first-order valence-corrected chi connectivity index (χ1v) is 11.6. The summed E-state index contributed by atoms with van der Waals surface area (Å²) in [4.78, 5) is 27.3. The quantitative estimate of drug-likeness (QED) is 0.704. The molecule has 5 rings (SSSR count). The molecule has 8 heteroatoms. The van der Waals surface area contributed by atoms with Crippen LogP contribution >= 0.6 is 0 Å². The maximum Gasteiger partial charge on any atom is 0.280 e. The number of carbonyl (C=O) groups excluding carboxylic acids is 2. The topological polar surface area (TPSA) is 91.7 Å². The number of aliphatic hydroxyl groups is 1. The molecule has 0 spiro atoms. The zero-order valence-electron chi connectivity index (χ0n) is 19.7. The lowest BCUT2D eigenvalue weighted by atomic mass is 10.1. The third kappa shape index (κ3) is 4.68. The van der Waals surface area contributed by atoms with Gasteiger partial charge in [0.1, 0.15) is 13.2 Å².